The third kappa shape index (κ3) is 3.14. The molecule has 0 aliphatic rings. The van der Waals surface area contributed by atoms with Crippen molar-refractivity contribution in [2.24, 2.45) is 0 Å². The van der Waals surface area contributed by atoms with Crippen molar-refractivity contribution in [3.8, 4) is 11.5 Å². The molecule has 0 aromatic heterocycles. The number of aliphatic hydroxyl groups is 1. The maximum Gasteiger partial charge on any atom is 0.122 e. The van der Waals surface area contributed by atoms with Crippen molar-refractivity contribution >= 4 is 15.9 Å². The molecule has 2 rings (SSSR count). The molecule has 2 aromatic carbocycles. The summed E-state index contributed by atoms with van der Waals surface area (Å²) < 4.78 is 11.5. The smallest absolute Gasteiger partial charge is 0.122 e. The van der Waals surface area contributed by atoms with Crippen molar-refractivity contribution in [2.45, 2.75) is 13.0 Å². The average Bonchev–Trinajstić information content (AvgIpc) is 2.46. The van der Waals surface area contributed by atoms with Gasteiger partial charge < -0.3 is 14.6 Å². The third-order valence-electron chi connectivity index (χ3n) is 3.22. The van der Waals surface area contributed by atoms with E-state index in [1.165, 1.54) is 0 Å². The Morgan fingerprint density at radius 2 is 1.60 bits per heavy atom. The molecule has 0 aliphatic carbocycles. The van der Waals surface area contributed by atoms with Crippen LogP contribution in [-0.4, -0.2) is 19.3 Å². The van der Waals surface area contributed by atoms with E-state index in [2.05, 4.69) is 15.9 Å². The van der Waals surface area contributed by atoms with Crippen molar-refractivity contribution < 1.29 is 14.6 Å². The second-order valence-corrected chi connectivity index (χ2v) is 5.47. The zero-order chi connectivity index (χ0) is 14.7. The van der Waals surface area contributed by atoms with Crippen LogP contribution in [0.2, 0.25) is 0 Å². The van der Waals surface area contributed by atoms with Crippen molar-refractivity contribution in [1.29, 1.82) is 0 Å². The summed E-state index contributed by atoms with van der Waals surface area (Å²) in [5.41, 5.74) is 2.63. The highest BCUT2D eigenvalue weighted by Gasteiger charge is 2.15. The van der Waals surface area contributed by atoms with Gasteiger partial charge in [0, 0.05) is 10.5 Å². The lowest BCUT2D eigenvalue weighted by Gasteiger charge is -2.16. The number of rotatable bonds is 4. The normalized spacial score (nSPS) is 12.1. The Morgan fingerprint density at radius 3 is 2.10 bits per heavy atom. The molecular weight excluding hydrogens is 320 g/mol. The maximum atomic E-state index is 10.6. The number of methoxy groups -OCH3 is 2. The highest BCUT2D eigenvalue weighted by Crippen LogP contribution is 2.32. The Morgan fingerprint density at radius 1 is 1.00 bits per heavy atom. The summed E-state index contributed by atoms with van der Waals surface area (Å²) in [6.07, 6.45) is -0.716. The zero-order valence-electron chi connectivity index (χ0n) is 11.7. The first-order valence-electron chi connectivity index (χ1n) is 6.22. The molecule has 106 valence electrons. The number of hydrogen-bond acceptors (Lipinski definition) is 3. The fourth-order valence-corrected chi connectivity index (χ4v) is 2.59. The molecule has 1 unspecified atom stereocenters. The number of aryl methyl sites for hydroxylation is 1. The van der Waals surface area contributed by atoms with E-state index in [-0.39, 0.29) is 0 Å². The van der Waals surface area contributed by atoms with Gasteiger partial charge in [0.05, 0.1) is 14.2 Å². The molecule has 1 N–H and O–H groups in total. The Bertz CT molecular complexity index is 588. The van der Waals surface area contributed by atoms with E-state index in [0.29, 0.717) is 11.5 Å². The molecule has 0 saturated carbocycles. The molecule has 20 heavy (non-hydrogen) atoms. The van der Waals surface area contributed by atoms with Crippen LogP contribution < -0.4 is 9.47 Å². The van der Waals surface area contributed by atoms with Crippen molar-refractivity contribution in [1.82, 2.24) is 0 Å². The monoisotopic (exact) mass is 336 g/mol. The maximum absolute atomic E-state index is 10.6. The Hall–Kier alpha value is -1.52. The van der Waals surface area contributed by atoms with Crippen LogP contribution in [0.3, 0.4) is 0 Å². The number of ether oxygens (including phenoxy) is 2. The number of benzene rings is 2. The minimum Gasteiger partial charge on any atom is -0.497 e. The van der Waals surface area contributed by atoms with E-state index >= 15 is 0 Å². The molecule has 0 heterocycles. The van der Waals surface area contributed by atoms with E-state index < -0.39 is 6.10 Å². The van der Waals surface area contributed by atoms with Gasteiger partial charge in [-0.2, -0.15) is 0 Å². The second kappa shape index (κ2) is 6.29. The zero-order valence-corrected chi connectivity index (χ0v) is 13.3. The van der Waals surface area contributed by atoms with Crippen LogP contribution in [-0.2, 0) is 0 Å². The van der Waals surface area contributed by atoms with Gasteiger partial charge in [0.2, 0.25) is 0 Å². The minimum absolute atomic E-state index is 0.660. The summed E-state index contributed by atoms with van der Waals surface area (Å²) in [7, 11) is 3.19. The summed E-state index contributed by atoms with van der Waals surface area (Å²) in [6.45, 7) is 1.97. The van der Waals surface area contributed by atoms with Crippen LogP contribution in [0, 0.1) is 6.92 Å². The molecule has 1 atom stereocenters. The predicted octanol–water partition coefficient (Wildman–Crippen LogP) is 3.86. The third-order valence-corrected chi connectivity index (χ3v) is 3.71. The average molecular weight is 337 g/mol. The number of halogens is 1. The van der Waals surface area contributed by atoms with Gasteiger partial charge in [-0.3, -0.25) is 0 Å². The summed E-state index contributed by atoms with van der Waals surface area (Å²) in [6, 6.07) is 11.2. The lowest BCUT2D eigenvalue weighted by Crippen LogP contribution is -2.03. The van der Waals surface area contributed by atoms with E-state index in [1.54, 1.807) is 20.3 Å². The Balaban J connectivity index is 2.44. The van der Waals surface area contributed by atoms with Crippen LogP contribution in [0.5, 0.6) is 11.5 Å². The molecule has 3 nitrogen and oxygen atoms in total. The predicted molar refractivity (Wildman–Crippen MR) is 82.5 cm³/mol. The highest BCUT2D eigenvalue weighted by atomic mass is 79.9. The van der Waals surface area contributed by atoms with E-state index in [0.717, 1.165) is 21.2 Å². The van der Waals surface area contributed by atoms with Crippen molar-refractivity contribution in [2.75, 3.05) is 14.2 Å². The largest absolute Gasteiger partial charge is 0.497 e. The first-order valence-corrected chi connectivity index (χ1v) is 7.01. The van der Waals surface area contributed by atoms with Crippen LogP contribution in [0.4, 0.5) is 0 Å². The molecule has 2 aromatic rings. The van der Waals surface area contributed by atoms with Crippen LogP contribution >= 0.6 is 15.9 Å². The molecule has 0 aliphatic heterocycles. The minimum atomic E-state index is -0.716. The topological polar surface area (TPSA) is 38.7 Å². The lowest BCUT2D eigenvalue weighted by molar-refractivity contribution is 0.218. The summed E-state index contributed by atoms with van der Waals surface area (Å²) >= 11 is 3.43. The fraction of sp³-hybridized carbons (Fsp3) is 0.250. The van der Waals surface area contributed by atoms with Crippen molar-refractivity contribution in [3.05, 3.63) is 57.6 Å². The van der Waals surface area contributed by atoms with Crippen LogP contribution in [0.15, 0.2) is 40.9 Å². The molecule has 0 radical (unpaired) electrons. The quantitative estimate of drug-likeness (QED) is 0.921. The van der Waals surface area contributed by atoms with Gasteiger partial charge in [0.15, 0.2) is 0 Å². The molecule has 0 amide bonds. The van der Waals surface area contributed by atoms with Gasteiger partial charge in [-0.25, -0.2) is 0 Å². The van der Waals surface area contributed by atoms with E-state index in [4.69, 9.17) is 9.47 Å². The summed E-state index contributed by atoms with van der Waals surface area (Å²) in [5, 5.41) is 10.6. The first-order chi connectivity index (χ1) is 9.55. The summed E-state index contributed by atoms with van der Waals surface area (Å²) in [4.78, 5) is 0. The first kappa shape index (κ1) is 14.9. The van der Waals surface area contributed by atoms with E-state index in [9.17, 15) is 5.11 Å². The molecular formula is C16H17BrO3. The highest BCUT2D eigenvalue weighted by molar-refractivity contribution is 9.10. The lowest BCUT2D eigenvalue weighted by atomic mass is 9.97. The Labute approximate surface area is 127 Å². The van der Waals surface area contributed by atoms with Crippen molar-refractivity contribution in [3.63, 3.8) is 0 Å². The number of hydrogen-bond donors (Lipinski definition) is 1. The molecule has 0 bridgehead atoms. The standard InChI is InChI=1S/C16H17BrO3/c1-10-6-12(17)4-5-15(10)16(18)11-7-13(19-2)9-14(8-11)20-3/h4-9,16,18H,1-3H3. The van der Waals surface area contributed by atoms with Gasteiger partial charge >= 0.3 is 0 Å². The molecule has 0 spiro atoms. The SMILES string of the molecule is COc1cc(OC)cc(C(O)c2ccc(Br)cc2C)c1. The second-order valence-electron chi connectivity index (χ2n) is 4.55. The summed E-state index contributed by atoms with van der Waals surface area (Å²) in [5.74, 6) is 1.32. The van der Waals surface area contributed by atoms with Gasteiger partial charge in [-0.05, 0) is 47.9 Å². The molecule has 4 heteroatoms. The van der Waals surface area contributed by atoms with Gasteiger partial charge in [-0.15, -0.1) is 0 Å². The van der Waals surface area contributed by atoms with Gasteiger partial charge in [0.1, 0.15) is 17.6 Å². The molecule has 0 fully saturated rings. The van der Waals surface area contributed by atoms with Crippen LogP contribution in [0.25, 0.3) is 0 Å². The van der Waals surface area contributed by atoms with Gasteiger partial charge in [-0.1, -0.05) is 22.0 Å². The van der Waals surface area contributed by atoms with Gasteiger partial charge in [0.25, 0.3) is 0 Å². The van der Waals surface area contributed by atoms with E-state index in [1.807, 2.05) is 37.3 Å². The molecule has 0 saturated heterocycles. The fourth-order valence-electron chi connectivity index (χ4n) is 2.11. The van der Waals surface area contributed by atoms with Crippen LogP contribution in [0.1, 0.15) is 22.8 Å². The Kier molecular flexibility index (Phi) is 4.68. The number of aliphatic hydroxyl groups excluding tert-OH is 1.